The normalized spacial score (nSPS) is 12.7. The molecule has 0 bridgehead atoms. The van der Waals surface area contributed by atoms with E-state index in [9.17, 15) is 4.39 Å². The van der Waals surface area contributed by atoms with Gasteiger partial charge < -0.3 is 5.32 Å². The average Bonchev–Trinajstić information content (AvgIpc) is 2.68. The zero-order valence-corrected chi connectivity index (χ0v) is 11.9. The van der Waals surface area contributed by atoms with Crippen molar-refractivity contribution in [1.29, 1.82) is 0 Å². The number of rotatable bonds is 4. The second-order valence-electron chi connectivity index (χ2n) is 4.80. The van der Waals surface area contributed by atoms with Crippen molar-refractivity contribution in [2.75, 3.05) is 6.54 Å². The van der Waals surface area contributed by atoms with E-state index in [0.717, 1.165) is 28.9 Å². The first-order valence-corrected chi connectivity index (χ1v) is 6.52. The molecule has 0 saturated heterocycles. The van der Waals surface area contributed by atoms with E-state index in [0.29, 0.717) is 0 Å². The first-order chi connectivity index (χ1) is 9.04. The molecule has 0 aliphatic rings. The molecular weight excluding hydrogens is 241 g/mol. The molecule has 0 aliphatic heterocycles. The molecule has 1 unspecified atom stereocenters. The standard InChI is InChI=1S/C15H20FN3/c1-5-17-15(14-9-18-19(4)11(14)3)13-7-6-12(16)8-10(13)2/h6-9,15,17H,5H2,1-4H3. The van der Waals surface area contributed by atoms with Gasteiger partial charge in [-0.1, -0.05) is 13.0 Å². The Morgan fingerprint density at radius 2 is 2.05 bits per heavy atom. The highest BCUT2D eigenvalue weighted by molar-refractivity contribution is 5.38. The van der Waals surface area contributed by atoms with Crippen LogP contribution in [0.5, 0.6) is 0 Å². The summed E-state index contributed by atoms with van der Waals surface area (Å²) in [6.07, 6.45) is 1.88. The quantitative estimate of drug-likeness (QED) is 0.917. The zero-order chi connectivity index (χ0) is 14.0. The van der Waals surface area contributed by atoms with E-state index < -0.39 is 0 Å². The van der Waals surface area contributed by atoms with Crippen molar-refractivity contribution in [3.63, 3.8) is 0 Å². The maximum atomic E-state index is 13.2. The average molecular weight is 261 g/mol. The van der Waals surface area contributed by atoms with Crippen LogP contribution in [-0.2, 0) is 7.05 Å². The van der Waals surface area contributed by atoms with Gasteiger partial charge in [0.15, 0.2) is 0 Å². The molecule has 0 aliphatic carbocycles. The lowest BCUT2D eigenvalue weighted by Crippen LogP contribution is -2.23. The van der Waals surface area contributed by atoms with Crippen LogP contribution in [0.15, 0.2) is 24.4 Å². The molecule has 0 saturated carbocycles. The summed E-state index contributed by atoms with van der Waals surface area (Å²) in [6, 6.07) is 4.99. The van der Waals surface area contributed by atoms with Crippen LogP contribution < -0.4 is 5.32 Å². The number of nitrogens with zero attached hydrogens (tertiary/aromatic N) is 2. The molecule has 19 heavy (non-hydrogen) atoms. The number of aryl methyl sites for hydroxylation is 2. The molecule has 1 aromatic carbocycles. The van der Waals surface area contributed by atoms with Gasteiger partial charge in [0.25, 0.3) is 0 Å². The van der Waals surface area contributed by atoms with E-state index in [1.54, 1.807) is 6.07 Å². The highest BCUT2D eigenvalue weighted by atomic mass is 19.1. The molecule has 0 radical (unpaired) electrons. The lowest BCUT2D eigenvalue weighted by Gasteiger charge is -2.20. The number of aromatic nitrogens is 2. The van der Waals surface area contributed by atoms with Gasteiger partial charge in [-0.25, -0.2) is 4.39 Å². The summed E-state index contributed by atoms with van der Waals surface area (Å²) in [5.41, 5.74) is 4.31. The van der Waals surface area contributed by atoms with Gasteiger partial charge in [0.1, 0.15) is 5.82 Å². The molecule has 3 nitrogen and oxygen atoms in total. The molecule has 0 fully saturated rings. The van der Waals surface area contributed by atoms with E-state index in [4.69, 9.17) is 0 Å². The molecule has 1 atom stereocenters. The predicted octanol–water partition coefficient (Wildman–Crippen LogP) is 2.87. The molecule has 1 heterocycles. The van der Waals surface area contributed by atoms with E-state index in [-0.39, 0.29) is 11.9 Å². The molecule has 102 valence electrons. The smallest absolute Gasteiger partial charge is 0.123 e. The van der Waals surface area contributed by atoms with Gasteiger partial charge in [0.2, 0.25) is 0 Å². The predicted molar refractivity (Wildman–Crippen MR) is 74.6 cm³/mol. The maximum Gasteiger partial charge on any atom is 0.123 e. The molecule has 0 spiro atoms. The third kappa shape index (κ3) is 2.68. The van der Waals surface area contributed by atoms with Crippen LogP contribution in [0, 0.1) is 19.7 Å². The first-order valence-electron chi connectivity index (χ1n) is 6.52. The molecule has 4 heteroatoms. The van der Waals surface area contributed by atoms with Crippen LogP contribution in [0.3, 0.4) is 0 Å². The Labute approximate surface area is 113 Å². The SMILES string of the molecule is CCNC(c1ccc(F)cc1C)c1cnn(C)c1C. The van der Waals surface area contributed by atoms with E-state index in [1.807, 2.05) is 37.8 Å². The minimum Gasteiger partial charge on any atom is -0.306 e. The summed E-state index contributed by atoms with van der Waals surface area (Å²) >= 11 is 0. The molecule has 0 amide bonds. The summed E-state index contributed by atoms with van der Waals surface area (Å²) in [7, 11) is 1.93. The van der Waals surface area contributed by atoms with Crippen molar-refractivity contribution >= 4 is 0 Å². The van der Waals surface area contributed by atoms with Crippen LogP contribution in [0.4, 0.5) is 4.39 Å². The van der Waals surface area contributed by atoms with Gasteiger partial charge >= 0.3 is 0 Å². The number of halogens is 1. The topological polar surface area (TPSA) is 29.9 Å². The number of nitrogens with one attached hydrogen (secondary N) is 1. The molecule has 1 aromatic heterocycles. The maximum absolute atomic E-state index is 13.2. The second kappa shape index (κ2) is 5.53. The minimum absolute atomic E-state index is 0.0549. The lowest BCUT2D eigenvalue weighted by molar-refractivity contribution is 0.607. The summed E-state index contributed by atoms with van der Waals surface area (Å²) < 4.78 is 15.1. The summed E-state index contributed by atoms with van der Waals surface area (Å²) in [4.78, 5) is 0. The Morgan fingerprint density at radius 3 is 2.58 bits per heavy atom. The first kappa shape index (κ1) is 13.7. The van der Waals surface area contributed by atoms with Gasteiger partial charge in [0, 0.05) is 18.3 Å². The van der Waals surface area contributed by atoms with E-state index in [1.165, 1.54) is 6.07 Å². The molecule has 2 aromatic rings. The Bertz CT molecular complexity index is 575. The van der Waals surface area contributed by atoms with Crippen LogP contribution >= 0.6 is 0 Å². The highest BCUT2D eigenvalue weighted by Gasteiger charge is 2.19. The van der Waals surface area contributed by atoms with Crippen LogP contribution in [0.25, 0.3) is 0 Å². The van der Waals surface area contributed by atoms with E-state index >= 15 is 0 Å². The monoisotopic (exact) mass is 261 g/mol. The second-order valence-corrected chi connectivity index (χ2v) is 4.80. The fourth-order valence-electron chi connectivity index (χ4n) is 2.35. The third-order valence-electron chi connectivity index (χ3n) is 3.54. The molecule has 1 N–H and O–H groups in total. The number of benzene rings is 1. The van der Waals surface area contributed by atoms with Gasteiger partial charge in [-0.3, -0.25) is 4.68 Å². The summed E-state index contributed by atoms with van der Waals surface area (Å²) in [6.45, 7) is 6.90. The minimum atomic E-state index is -0.195. The van der Waals surface area contributed by atoms with Crippen LogP contribution in [-0.4, -0.2) is 16.3 Å². The summed E-state index contributed by atoms with van der Waals surface area (Å²) in [5, 5.41) is 7.75. The Kier molecular flexibility index (Phi) is 4.00. The largest absolute Gasteiger partial charge is 0.306 e. The van der Waals surface area contributed by atoms with Crippen molar-refractivity contribution < 1.29 is 4.39 Å². The van der Waals surface area contributed by atoms with Gasteiger partial charge in [-0.15, -0.1) is 0 Å². The van der Waals surface area contributed by atoms with Crippen molar-refractivity contribution in [1.82, 2.24) is 15.1 Å². The van der Waals surface area contributed by atoms with Crippen molar-refractivity contribution in [3.8, 4) is 0 Å². The summed E-state index contributed by atoms with van der Waals surface area (Å²) in [5.74, 6) is -0.195. The highest BCUT2D eigenvalue weighted by Crippen LogP contribution is 2.27. The Hall–Kier alpha value is -1.68. The van der Waals surface area contributed by atoms with Crippen molar-refractivity contribution in [3.05, 3.63) is 52.6 Å². The van der Waals surface area contributed by atoms with Crippen LogP contribution in [0.2, 0.25) is 0 Å². The van der Waals surface area contributed by atoms with Crippen LogP contribution in [0.1, 0.15) is 35.3 Å². The fraction of sp³-hybridized carbons (Fsp3) is 0.400. The number of hydrogen-bond donors (Lipinski definition) is 1. The van der Waals surface area contributed by atoms with Gasteiger partial charge in [0.05, 0.1) is 12.2 Å². The number of hydrogen-bond acceptors (Lipinski definition) is 2. The molecule has 2 rings (SSSR count). The van der Waals surface area contributed by atoms with Crippen molar-refractivity contribution in [2.24, 2.45) is 7.05 Å². The zero-order valence-electron chi connectivity index (χ0n) is 11.9. The fourth-order valence-corrected chi connectivity index (χ4v) is 2.35. The lowest BCUT2D eigenvalue weighted by atomic mass is 9.95. The third-order valence-corrected chi connectivity index (χ3v) is 3.54. The molecular formula is C15H20FN3. The van der Waals surface area contributed by atoms with Gasteiger partial charge in [-0.05, 0) is 43.7 Å². The Balaban J connectivity index is 2.48. The van der Waals surface area contributed by atoms with Crippen molar-refractivity contribution in [2.45, 2.75) is 26.8 Å². The van der Waals surface area contributed by atoms with Gasteiger partial charge in [-0.2, -0.15) is 5.10 Å². The Morgan fingerprint density at radius 1 is 1.32 bits per heavy atom. The van der Waals surface area contributed by atoms with E-state index in [2.05, 4.69) is 17.3 Å².